The molecule has 0 aromatic heterocycles. The lowest BCUT2D eigenvalue weighted by atomic mass is 9.92. The molecule has 0 saturated carbocycles. The number of nitrogens with zero attached hydrogens (tertiary/aromatic N) is 1. The van der Waals surface area contributed by atoms with Gasteiger partial charge < -0.3 is 0 Å². The average Bonchev–Trinajstić information content (AvgIpc) is 2.08. The predicted molar refractivity (Wildman–Crippen MR) is 46.8 cm³/mol. The first-order valence-electron chi connectivity index (χ1n) is 3.91. The molecule has 0 spiro atoms. The molecule has 4 nitrogen and oxygen atoms in total. The summed E-state index contributed by atoms with van der Waals surface area (Å²) in [4.78, 5) is 32.5. The van der Waals surface area contributed by atoms with Crippen molar-refractivity contribution in [3.05, 3.63) is 28.3 Å². The van der Waals surface area contributed by atoms with Gasteiger partial charge in [0.25, 0.3) is 0 Å². The second kappa shape index (κ2) is 3.43. The highest BCUT2D eigenvalue weighted by Crippen LogP contribution is 2.20. The first kappa shape index (κ1) is 9.51. The van der Waals surface area contributed by atoms with E-state index in [9.17, 15) is 14.5 Å². The van der Waals surface area contributed by atoms with E-state index in [1.807, 2.05) is 0 Å². The first-order chi connectivity index (χ1) is 6.06. The largest absolute Gasteiger partial charge is 0.290 e. The third-order valence-corrected chi connectivity index (χ3v) is 1.79. The van der Waals surface area contributed by atoms with Gasteiger partial charge in [0.05, 0.1) is 0 Å². The fourth-order valence-corrected chi connectivity index (χ4v) is 1.11. The number of carbonyl (C=O) groups is 2. The maximum absolute atomic E-state index is 11.4. The summed E-state index contributed by atoms with van der Waals surface area (Å²) in [7, 11) is 0. The Kier molecular flexibility index (Phi) is 2.51. The number of hydrogen-bond donors (Lipinski definition) is 0. The van der Waals surface area contributed by atoms with Gasteiger partial charge in [0.1, 0.15) is 0 Å². The van der Waals surface area contributed by atoms with Crippen LogP contribution < -0.4 is 0 Å². The molecule has 1 rings (SSSR count). The standard InChI is InChI=1S/C9H9NO3/c1-5(2)7-3-6(11)4-8(10-13)9(7)12/h3-5H,1-2H3. The zero-order valence-corrected chi connectivity index (χ0v) is 7.40. The smallest absolute Gasteiger partial charge is 0.211 e. The van der Waals surface area contributed by atoms with Crippen molar-refractivity contribution in [1.82, 2.24) is 0 Å². The van der Waals surface area contributed by atoms with Gasteiger partial charge in [0.2, 0.25) is 5.78 Å². The summed E-state index contributed by atoms with van der Waals surface area (Å²) in [6, 6.07) is 0. The molecule has 0 atom stereocenters. The van der Waals surface area contributed by atoms with Gasteiger partial charge in [0, 0.05) is 11.6 Å². The average molecular weight is 179 g/mol. The second-order valence-corrected chi connectivity index (χ2v) is 3.11. The van der Waals surface area contributed by atoms with Crippen LogP contribution in [0.1, 0.15) is 13.8 Å². The highest BCUT2D eigenvalue weighted by molar-refractivity contribution is 6.20. The SMILES string of the molecule is CC(C)C1=CC(=O)C=C(N=O)C1=O. The Balaban J connectivity index is 3.09. The summed E-state index contributed by atoms with van der Waals surface area (Å²) < 4.78 is 0. The highest BCUT2D eigenvalue weighted by Gasteiger charge is 2.24. The van der Waals surface area contributed by atoms with Crippen LogP contribution in [-0.2, 0) is 9.59 Å². The van der Waals surface area contributed by atoms with Crippen LogP contribution in [0, 0.1) is 10.8 Å². The third-order valence-electron chi connectivity index (χ3n) is 1.79. The molecule has 1 aliphatic rings. The number of carbonyl (C=O) groups excluding carboxylic acids is 2. The molecule has 0 saturated heterocycles. The van der Waals surface area contributed by atoms with E-state index in [0.717, 1.165) is 6.08 Å². The van der Waals surface area contributed by atoms with Gasteiger partial charge in [-0.2, -0.15) is 0 Å². The predicted octanol–water partition coefficient (Wildman–Crippen LogP) is 1.37. The molecule has 0 radical (unpaired) electrons. The molecular weight excluding hydrogens is 170 g/mol. The number of ketones is 2. The van der Waals surface area contributed by atoms with E-state index in [-0.39, 0.29) is 17.4 Å². The zero-order chi connectivity index (χ0) is 10.0. The van der Waals surface area contributed by atoms with E-state index in [4.69, 9.17) is 0 Å². The molecule has 0 amide bonds. The fourth-order valence-electron chi connectivity index (χ4n) is 1.11. The van der Waals surface area contributed by atoms with Crippen molar-refractivity contribution in [2.75, 3.05) is 0 Å². The molecule has 0 aliphatic heterocycles. The lowest BCUT2D eigenvalue weighted by Crippen LogP contribution is -2.16. The van der Waals surface area contributed by atoms with Gasteiger partial charge in [-0.25, -0.2) is 0 Å². The van der Waals surface area contributed by atoms with E-state index in [1.54, 1.807) is 13.8 Å². The van der Waals surface area contributed by atoms with Crippen molar-refractivity contribution in [3.8, 4) is 0 Å². The molecule has 0 N–H and O–H groups in total. The molecule has 0 heterocycles. The first-order valence-corrected chi connectivity index (χ1v) is 3.91. The summed E-state index contributed by atoms with van der Waals surface area (Å²) in [6.45, 7) is 3.56. The van der Waals surface area contributed by atoms with Crippen LogP contribution in [0.5, 0.6) is 0 Å². The summed E-state index contributed by atoms with van der Waals surface area (Å²) in [5, 5.41) is 2.51. The van der Waals surface area contributed by atoms with Gasteiger partial charge in [-0.15, -0.1) is 4.91 Å². The second-order valence-electron chi connectivity index (χ2n) is 3.11. The minimum Gasteiger partial charge on any atom is -0.290 e. The molecule has 0 unspecified atom stereocenters. The maximum Gasteiger partial charge on any atom is 0.211 e. The van der Waals surface area contributed by atoms with Gasteiger partial charge in [-0.3, -0.25) is 9.59 Å². The lowest BCUT2D eigenvalue weighted by molar-refractivity contribution is -0.115. The summed E-state index contributed by atoms with van der Waals surface area (Å²) in [5.41, 5.74) is 0.0540. The Hall–Kier alpha value is -1.58. The van der Waals surface area contributed by atoms with Crippen LogP contribution in [0.15, 0.2) is 28.6 Å². The van der Waals surface area contributed by atoms with Crippen LogP contribution in [0.25, 0.3) is 0 Å². The Morgan fingerprint density at radius 2 is 1.85 bits per heavy atom. The summed E-state index contributed by atoms with van der Waals surface area (Å²) in [6.07, 6.45) is 2.21. The van der Waals surface area contributed by atoms with E-state index >= 15 is 0 Å². The number of allylic oxidation sites excluding steroid dienone is 3. The minimum absolute atomic E-state index is 0.0677. The Morgan fingerprint density at radius 1 is 1.23 bits per heavy atom. The van der Waals surface area contributed by atoms with Gasteiger partial charge in [0.15, 0.2) is 11.5 Å². The molecule has 0 aromatic carbocycles. The minimum atomic E-state index is -0.440. The molecule has 1 aliphatic carbocycles. The maximum atomic E-state index is 11.4. The molecule has 4 heteroatoms. The van der Waals surface area contributed by atoms with Crippen LogP contribution in [0.3, 0.4) is 0 Å². The zero-order valence-electron chi connectivity index (χ0n) is 7.40. The molecular formula is C9H9NO3. The van der Waals surface area contributed by atoms with E-state index in [2.05, 4.69) is 5.18 Å². The van der Waals surface area contributed by atoms with Crippen molar-refractivity contribution in [2.45, 2.75) is 13.8 Å². The molecule has 0 fully saturated rings. The Bertz CT molecular complexity index is 337. The molecule has 68 valence electrons. The van der Waals surface area contributed by atoms with Crippen LogP contribution in [-0.4, -0.2) is 11.6 Å². The molecule has 0 aromatic rings. The van der Waals surface area contributed by atoms with Crippen molar-refractivity contribution in [3.63, 3.8) is 0 Å². The van der Waals surface area contributed by atoms with Crippen LogP contribution in [0.2, 0.25) is 0 Å². The van der Waals surface area contributed by atoms with Crippen molar-refractivity contribution >= 4 is 11.6 Å². The van der Waals surface area contributed by atoms with E-state index in [1.165, 1.54) is 6.08 Å². The molecule has 0 bridgehead atoms. The third kappa shape index (κ3) is 1.77. The summed E-state index contributed by atoms with van der Waals surface area (Å²) in [5.74, 6) is -0.857. The van der Waals surface area contributed by atoms with Crippen LogP contribution >= 0.6 is 0 Å². The monoisotopic (exact) mass is 179 g/mol. The number of rotatable bonds is 2. The summed E-state index contributed by atoms with van der Waals surface area (Å²) >= 11 is 0. The quantitative estimate of drug-likeness (QED) is 0.475. The molecule has 13 heavy (non-hydrogen) atoms. The normalized spacial score (nSPS) is 17.2. The van der Waals surface area contributed by atoms with E-state index < -0.39 is 5.78 Å². The Labute approximate surface area is 75.3 Å². The fraction of sp³-hybridized carbons (Fsp3) is 0.333. The van der Waals surface area contributed by atoms with Crippen molar-refractivity contribution in [2.24, 2.45) is 11.1 Å². The van der Waals surface area contributed by atoms with Gasteiger partial charge in [-0.05, 0) is 17.2 Å². The Morgan fingerprint density at radius 3 is 2.31 bits per heavy atom. The topological polar surface area (TPSA) is 63.6 Å². The van der Waals surface area contributed by atoms with Crippen molar-refractivity contribution < 1.29 is 9.59 Å². The number of Topliss-reactive ketones (excluding diaryl/α,β-unsaturated/α-hetero) is 1. The van der Waals surface area contributed by atoms with E-state index in [0.29, 0.717) is 5.57 Å². The van der Waals surface area contributed by atoms with Gasteiger partial charge >= 0.3 is 0 Å². The lowest BCUT2D eigenvalue weighted by Gasteiger charge is -2.11. The van der Waals surface area contributed by atoms with Crippen molar-refractivity contribution in [1.29, 1.82) is 0 Å². The highest BCUT2D eigenvalue weighted by atomic mass is 16.3. The number of nitroso groups, excluding NO2 is 1. The van der Waals surface area contributed by atoms with Crippen LogP contribution in [0.4, 0.5) is 0 Å². The van der Waals surface area contributed by atoms with Gasteiger partial charge in [-0.1, -0.05) is 13.8 Å². The number of hydrogen-bond acceptors (Lipinski definition) is 4.